The molecular weight excluding hydrogens is 260 g/mol. The van der Waals surface area contributed by atoms with E-state index in [9.17, 15) is 9.59 Å². The van der Waals surface area contributed by atoms with Crippen molar-refractivity contribution in [1.82, 2.24) is 9.97 Å². The van der Waals surface area contributed by atoms with Crippen molar-refractivity contribution in [2.24, 2.45) is 0 Å². The number of carbonyl (C=O) groups excluding carboxylic acids is 1. The van der Waals surface area contributed by atoms with Gasteiger partial charge in [-0.3, -0.25) is 5.32 Å². The van der Waals surface area contributed by atoms with Gasteiger partial charge in [-0.1, -0.05) is 6.07 Å². The first-order valence-electron chi connectivity index (χ1n) is 5.76. The molecule has 0 atom stereocenters. The van der Waals surface area contributed by atoms with Crippen molar-refractivity contribution in [3.8, 4) is 0 Å². The van der Waals surface area contributed by atoms with Gasteiger partial charge in [0, 0.05) is 18.1 Å². The normalized spacial score (nSPS) is 9.85. The van der Waals surface area contributed by atoms with Crippen LogP contribution in [0, 0.1) is 6.92 Å². The van der Waals surface area contributed by atoms with Crippen LogP contribution in [0.15, 0.2) is 36.7 Å². The van der Waals surface area contributed by atoms with E-state index < -0.39 is 12.0 Å². The fourth-order valence-electron chi connectivity index (χ4n) is 1.62. The van der Waals surface area contributed by atoms with Crippen molar-refractivity contribution in [3.05, 3.63) is 47.8 Å². The highest BCUT2D eigenvalue weighted by molar-refractivity contribution is 6.00. The van der Waals surface area contributed by atoms with Crippen molar-refractivity contribution < 1.29 is 14.7 Å². The van der Waals surface area contributed by atoms with Crippen molar-refractivity contribution in [2.75, 3.05) is 10.6 Å². The molecular formula is C13H12N4O3. The maximum atomic E-state index is 11.8. The van der Waals surface area contributed by atoms with Crippen LogP contribution in [0.1, 0.15) is 15.9 Å². The zero-order valence-corrected chi connectivity index (χ0v) is 10.6. The minimum atomic E-state index is -1.04. The first-order valence-corrected chi connectivity index (χ1v) is 5.76. The molecule has 0 unspecified atom stereocenters. The summed E-state index contributed by atoms with van der Waals surface area (Å²) in [6, 6.07) is 5.74. The van der Waals surface area contributed by atoms with Crippen molar-refractivity contribution in [2.45, 2.75) is 6.92 Å². The van der Waals surface area contributed by atoms with Crippen molar-refractivity contribution in [3.63, 3.8) is 0 Å². The Hall–Kier alpha value is -2.96. The number of nitrogens with one attached hydrogen (secondary N) is 2. The van der Waals surface area contributed by atoms with E-state index in [1.165, 1.54) is 18.5 Å². The summed E-state index contributed by atoms with van der Waals surface area (Å²) in [5.74, 6) is -0.880. The van der Waals surface area contributed by atoms with Gasteiger partial charge < -0.3 is 10.4 Å². The fraction of sp³-hybridized carbons (Fsp3) is 0.0769. The third-order valence-corrected chi connectivity index (χ3v) is 2.60. The second-order valence-corrected chi connectivity index (χ2v) is 3.93. The lowest BCUT2D eigenvalue weighted by Crippen LogP contribution is -2.21. The van der Waals surface area contributed by atoms with E-state index in [1.54, 1.807) is 25.1 Å². The standard InChI is InChI=1S/C13H12N4O3/c1-8-9(11(18)19)4-2-5-10(8)16-13(20)17-12-14-6-3-7-15-12/h2-7H,1H3,(H,18,19)(H2,14,15,16,17,20). The van der Waals surface area contributed by atoms with Crippen LogP contribution in [-0.4, -0.2) is 27.1 Å². The molecule has 0 bridgehead atoms. The number of rotatable bonds is 3. The van der Waals surface area contributed by atoms with Gasteiger partial charge in [-0.25, -0.2) is 19.6 Å². The summed E-state index contributed by atoms with van der Waals surface area (Å²) in [5, 5.41) is 14.0. The van der Waals surface area contributed by atoms with Gasteiger partial charge in [-0.05, 0) is 30.7 Å². The third-order valence-electron chi connectivity index (χ3n) is 2.60. The number of aromatic carboxylic acids is 1. The largest absolute Gasteiger partial charge is 0.478 e. The number of benzene rings is 1. The number of anilines is 2. The number of hydrogen-bond acceptors (Lipinski definition) is 4. The highest BCUT2D eigenvalue weighted by Crippen LogP contribution is 2.19. The fourth-order valence-corrected chi connectivity index (χ4v) is 1.62. The predicted octanol–water partition coefficient (Wildman–Crippen LogP) is 2.13. The first kappa shape index (κ1) is 13.5. The van der Waals surface area contributed by atoms with Crippen LogP contribution < -0.4 is 10.6 Å². The Morgan fingerprint density at radius 2 is 1.80 bits per heavy atom. The summed E-state index contributed by atoms with van der Waals surface area (Å²) in [6.07, 6.45) is 3.00. The molecule has 0 saturated carbocycles. The molecule has 7 nitrogen and oxygen atoms in total. The number of urea groups is 1. The van der Waals surface area contributed by atoms with Gasteiger partial charge >= 0.3 is 12.0 Å². The van der Waals surface area contributed by atoms with Crippen LogP contribution in [0.2, 0.25) is 0 Å². The third kappa shape index (κ3) is 3.08. The Morgan fingerprint density at radius 1 is 1.10 bits per heavy atom. The number of carboxylic acids is 1. The molecule has 0 aliphatic rings. The van der Waals surface area contributed by atoms with Gasteiger partial charge in [0.05, 0.1) is 5.56 Å². The SMILES string of the molecule is Cc1c(NC(=O)Nc2ncccn2)cccc1C(=O)O. The van der Waals surface area contributed by atoms with E-state index in [0.717, 1.165) is 0 Å². The monoisotopic (exact) mass is 272 g/mol. The van der Waals surface area contributed by atoms with Crippen LogP contribution in [0.5, 0.6) is 0 Å². The summed E-state index contributed by atoms with van der Waals surface area (Å²) in [5.41, 5.74) is 1.03. The zero-order valence-electron chi connectivity index (χ0n) is 10.6. The minimum Gasteiger partial charge on any atom is -0.478 e. The Morgan fingerprint density at radius 3 is 2.45 bits per heavy atom. The molecule has 0 radical (unpaired) electrons. The number of amides is 2. The lowest BCUT2D eigenvalue weighted by molar-refractivity contribution is 0.0696. The highest BCUT2D eigenvalue weighted by atomic mass is 16.4. The number of nitrogens with zero attached hydrogens (tertiary/aromatic N) is 2. The molecule has 20 heavy (non-hydrogen) atoms. The van der Waals surface area contributed by atoms with Gasteiger partial charge in [0.1, 0.15) is 0 Å². The van der Waals surface area contributed by atoms with Gasteiger partial charge in [0.2, 0.25) is 5.95 Å². The quantitative estimate of drug-likeness (QED) is 0.793. The molecule has 0 saturated heterocycles. The first-order chi connectivity index (χ1) is 9.58. The van der Waals surface area contributed by atoms with Crippen LogP contribution in [-0.2, 0) is 0 Å². The Labute approximate surface area is 114 Å². The van der Waals surface area contributed by atoms with Gasteiger partial charge in [0.15, 0.2) is 0 Å². The molecule has 3 N–H and O–H groups in total. The molecule has 2 amide bonds. The predicted molar refractivity (Wildman–Crippen MR) is 72.8 cm³/mol. The average molecular weight is 272 g/mol. The molecule has 0 spiro atoms. The molecule has 0 fully saturated rings. The second kappa shape index (κ2) is 5.79. The molecule has 1 aromatic carbocycles. The molecule has 7 heteroatoms. The van der Waals surface area contributed by atoms with E-state index in [1.807, 2.05) is 0 Å². The summed E-state index contributed by atoms with van der Waals surface area (Å²) < 4.78 is 0. The summed E-state index contributed by atoms with van der Waals surface area (Å²) in [7, 11) is 0. The topological polar surface area (TPSA) is 104 Å². The Kier molecular flexibility index (Phi) is 3.90. The average Bonchev–Trinajstić information content (AvgIpc) is 2.42. The van der Waals surface area contributed by atoms with E-state index >= 15 is 0 Å². The van der Waals surface area contributed by atoms with Crippen LogP contribution in [0.3, 0.4) is 0 Å². The summed E-state index contributed by atoms with van der Waals surface area (Å²) in [6.45, 7) is 1.62. The summed E-state index contributed by atoms with van der Waals surface area (Å²) >= 11 is 0. The highest BCUT2D eigenvalue weighted by Gasteiger charge is 2.12. The van der Waals surface area contributed by atoms with E-state index in [2.05, 4.69) is 20.6 Å². The molecule has 1 heterocycles. The molecule has 2 aromatic rings. The molecule has 0 aliphatic carbocycles. The lowest BCUT2D eigenvalue weighted by atomic mass is 10.1. The van der Waals surface area contributed by atoms with Crippen LogP contribution in [0.4, 0.5) is 16.4 Å². The van der Waals surface area contributed by atoms with Crippen LogP contribution in [0.25, 0.3) is 0 Å². The Balaban J connectivity index is 2.12. The van der Waals surface area contributed by atoms with E-state index in [0.29, 0.717) is 11.3 Å². The smallest absolute Gasteiger partial charge is 0.336 e. The number of carboxylic acid groups (broad SMARTS) is 1. The Bertz CT molecular complexity index is 643. The molecule has 1 aromatic heterocycles. The number of hydrogen-bond donors (Lipinski definition) is 3. The maximum Gasteiger partial charge on any atom is 0.336 e. The van der Waals surface area contributed by atoms with E-state index in [4.69, 9.17) is 5.11 Å². The second-order valence-electron chi connectivity index (χ2n) is 3.93. The lowest BCUT2D eigenvalue weighted by Gasteiger charge is -2.10. The minimum absolute atomic E-state index is 0.138. The van der Waals surface area contributed by atoms with Gasteiger partial charge in [-0.15, -0.1) is 0 Å². The van der Waals surface area contributed by atoms with Gasteiger partial charge in [0.25, 0.3) is 0 Å². The molecule has 102 valence electrons. The number of carbonyl (C=O) groups is 2. The molecule has 0 aliphatic heterocycles. The van der Waals surface area contributed by atoms with Gasteiger partial charge in [-0.2, -0.15) is 0 Å². The van der Waals surface area contributed by atoms with Crippen LogP contribution >= 0.6 is 0 Å². The van der Waals surface area contributed by atoms with Crippen molar-refractivity contribution in [1.29, 1.82) is 0 Å². The molecule has 2 rings (SSSR count). The van der Waals surface area contributed by atoms with Crippen molar-refractivity contribution >= 4 is 23.6 Å². The zero-order chi connectivity index (χ0) is 14.5. The summed E-state index contributed by atoms with van der Waals surface area (Å²) in [4.78, 5) is 30.5. The number of aromatic nitrogens is 2. The van der Waals surface area contributed by atoms with E-state index in [-0.39, 0.29) is 11.5 Å². The maximum absolute atomic E-state index is 11.8.